The van der Waals surface area contributed by atoms with Crippen molar-refractivity contribution in [3.63, 3.8) is 0 Å². The normalized spacial score (nSPS) is 10.9. The first-order chi connectivity index (χ1) is 9.56. The van der Waals surface area contributed by atoms with Gasteiger partial charge in [0.1, 0.15) is 0 Å². The zero-order valence-electron chi connectivity index (χ0n) is 11.7. The largest absolute Gasteiger partial charge is 0.358 e. The Hall–Kier alpha value is -2.56. The van der Waals surface area contributed by atoms with Crippen LogP contribution in [-0.2, 0) is 7.05 Å². The van der Waals surface area contributed by atoms with Crippen LogP contribution in [0.15, 0.2) is 30.5 Å². The molecule has 2 N–H and O–H groups in total. The fourth-order valence-electron chi connectivity index (χ4n) is 2.34. The van der Waals surface area contributed by atoms with Crippen LogP contribution in [0, 0.1) is 13.8 Å². The molecule has 3 aromatic rings. The average Bonchev–Trinajstić information content (AvgIpc) is 2.94. The Bertz CT molecular complexity index is 797. The first-order valence-corrected chi connectivity index (χ1v) is 6.45. The second-order valence-electron chi connectivity index (χ2n) is 4.93. The molecule has 0 aliphatic heterocycles. The van der Waals surface area contributed by atoms with Crippen LogP contribution in [0.4, 0.5) is 5.82 Å². The summed E-state index contributed by atoms with van der Waals surface area (Å²) in [5.41, 5.74) is 3.76. The summed E-state index contributed by atoms with van der Waals surface area (Å²) in [6.45, 7) is 4.06. The fourth-order valence-corrected chi connectivity index (χ4v) is 2.34. The lowest BCUT2D eigenvalue weighted by atomic mass is 10.1. The van der Waals surface area contributed by atoms with Gasteiger partial charge in [-0.15, -0.1) is 0 Å². The van der Waals surface area contributed by atoms with Gasteiger partial charge in [0.05, 0.1) is 11.1 Å². The Kier molecular flexibility index (Phi) is 2.82. The summed E-state index contributed by atoms with van der Waals surface area (Å²) in [5.74, 6) is 0.394. The van der Waals surface area contributed by atoms with Gasteiger partial charge in [-0.3, -0.25) is 9.48 Å². The molecule has 20 heavy (non-hydrogen) atoms. The summed E-state index contributed by atoms with van der Waals surface area (Å²) < 4.78 is 1.65. The van der Waals surface area contributed by atoms with E-state index >= 15 is 0 Å². The summed E-state index contributed by atoms with van der Waals surface area (Å²) >= 11 is 0. The molecule has 0 saturated heterocycles. The number of fused-ring (bicyclic) bond motifs is 1. The minimum Gasteiger partial charge on any atom is -0.358 e. The van der Waals surface area contributed by atoms with Gasteiger partial charge < -0.3 is 10.3 Å². The van der Waals surface area contributed by atoms with Crippen molar-refractivity contribution in [1.82, 2.24) is 14.8 Å². The molecule has 0 atom stereocenters. The third kappa shape index (κ3) is 1.97. The van der Waals surface area contributed by atoms with Crippen molar-refractivity contribution in [2.45, 2.75) is 13.8 Å². The molecule has 1 aromatic carbocycles. The number of nitrogens with one attached hydrogen (secondary N) is 2. The lowest BCUT2D eigenvalue weighted by Crippen LogP contribution is -2.13. The fraction of sp³-hybridized carbons (Fsp3) is 0.200. The number of carbonyl (C=O) groups excluding carboxylic acids is 1. The molecule has 2 heterocycles. The molecule has 5 heteroatoms. The van der Waals surface area contributed by atoms with Gasteiger partial charge in [-0.1, -0.05) is 12.1 Å². The van der Waals surface area contributed by atoms with Crippen molar-refractivity contribution < 1.29 is 4.79 Å². The Morgan fingerprint density at radius 2 is 2.10 bits per heavy atom. The number of aryl methyl sites for hydroxylation is 3. The summed E-state index contributed by atoms with van der Waals surface area (Å²) in [6, 6.07) is 7.50. The number of rotatable bonds is 2. The molecule has 0 aliphatic rings. The topological polar surface area (TPSA) is 62.7 Å². The van der Waals surface area contributed by atoms with E-state index in [1.807, 2.05) is 32.2 Å². The van der Waals surface area contributed by atoms with Gasteiger partial charge in [0.25, 0.3) is 5.91 Å². The standard InChI is InChI=1S/C15H16N4O/c1-9-10(2)16-14-11(9)5-4-6-12(14)15(20)17-13-7-8-19(3)18-13/h4-8,16H,1-3H3,(H,17,18,20). The van der Waals surface area contributed by atoms with Crippen LogP contribution < -0.4 is 5.32 Å². The molecule has 1 amide bonds. The number of amides is 1. The van der Waals surface area contributed by atoms with E-state index in [9.17, 15) is 4.79 Å². The molecular formula is C15H16N4O. The zero-order chi connectivity index (χ0) is 14.3. The smallest absolute Gasteiger partial charge is 0.258 e. The number of aromatic nitrogens is 3. The first kappa shape index (κ1) is 12.5. The highest BCUT2D eigenvalue weighted by Gasteiger charge is 2.14. The maximum absolute atomic E-state index is 12.4. The number of hydrogen-bond donors (Lipinski definition) is 2. The molecule has 0 fully saturated rings. The molecule has 3 rings (SSSR count). The summed E-state index contributed by atoms with van der Waals surface area (Å²) in [6.07, 6.45) is 1.79. The maximum atomic E-state index is 12.4. The van der Waals surface area contributed by atoms with Gasteiger partial charge in [-0.25, -0.2) is 0 Å². The minimum absolute atomic E-state index is 0.157. The van der Waals surface area contributed by atoms with Crippen LogP contribution in [0.2, 0.25) is 0 Å². The van der Waals surface area contributed by atoms with Gasteiger partial charge in [0.2, 0.25) is 0 Å². The van der Waals surface area contributed by atoms with E-state index in [2.05, 4.69) is 22.3 Å². The van der Waals surface area contributed by atoms with Crippen molar-refractivity contribution in [3.05, 3.63) is 47.3 Å². The van der Waals surface area contributed by atoms with Gasteiger partial charge in [0.15, 0.2) is 5.82 Å². The first-order valence-electron chi connectivity index (χ1n) is 6.45. The van der Waals surface area contributed by atoms with E-state index in [0.29, 0.717) is 11.4 Å². The predicted octanol–water partition coefficient (Wildman–Crippen LogP) is 2.77. The molecule has 0 spiro atoms. The van der Waals surface area contributed by atoms with Gasteiger partial charge in [-0.2, -0.15) is 5.10 Å². The highest BCUT2D eigenvalue weighted by molar-refractivity contribution is 6.12. The molecule has 0 unspecified atom stereocenters. The SMILES string of the molecule is Cc1[nH]c2c(C(=O)Nc3ccn(C)n3)cccc2c1C. The lowest BCUT2D eigenvalue weighted by molar-refractivity contribution is 0.102. The highest BCUT2D eigenvalue weighted by Crippen LogP contribution is 2.24. The van der Waals surface area contributed by atoms with Gasteiger partial charge >= 0.3 is 0 Å². The second kappa shape index (κ2) is 4.52. The van der Waals surface area contributed by atoms with Crippen LogP contribution >= 0.6 is 0 Å². The summed E-state index contributed by atoms with van der Waals surface area (Å²) in [5, 5.41) is 8.04. The number of H-pyrrole nitrogens is 1. The monoisotopic (exact) mass is 268 g/mol. The Morgan fingerprint density at radius 1 is 1.30 bits per heavy atom. The van der Waals surface area contributed by atoms with Crippen molar-refractivity contribution >= 4 is 22.6 Å². The van der Waals surface area contributed by atoms with E-state index in [-0.39, 0.29) is 5.91 Å². The van der Waals surface area contributed by atoms with Crippen LogP contribution in [0.3, 0.4) is 0 Å². The number of nitrogens with zero attached hydrogens (tertiary/aromatic N) is 2. The number of hydrogen-bond acceptors (Lipinski definition) is 2. The van der Waals surface area contributed by atoms with Crippen molar-refractivity contribution in [1.29, 1.82) is 0 Å². The molecule has 0 saturated carbocycles. The molecule has 2 aromatic heterocycles. The summed E-state index contributed by atoms with van der Waals surface area (Å²) in [4.78, 5) is 15.7. The zero-order valence-corrected chi connectivity index (χ0v) is 11.7. The molecule has 0 radical (unpaired) electrons. The van der Waals surface area contributed by atoms with Crippen molar-refractivity contribution in [2.75, 3.05) is 5.32 Å². The van der Waals surface area contributed by atoms with E-state index < -0.39 is 0 Å². The number of aromatic amines is 1. The van der Waals surface area contributed by atoms with Crippen LogP contribution in [-0.4, -0.2) is 20.7 Å². The number of para-hydroxylation sites is 1. The maximum Gasteiger partial charge on any atom is 0.258 e. The van der Waals surface area contributed by atoms with Crippen LogP contribution in [0.25, 0.3) is 10.9 Å². The van der Waals surface area contributed by atoms with Crippen LogP contribution in [0.5, 0.6) is 0 Å². The summed E-state index contributed by atoms with van der Waals surface area (Å²) in [7, 11) is 1.81. The molecule has 102 valence electrons. The van der Waals surface area contributed by atoms with E-state index in [1.165, 1.54) is 5.56 Å². The lowest BCUT2D eigenvalue weighted by Gasteiger charge is -2.03. The van der Waals surface area contributed by atoms with Gasteiger partial charge in [-0.05, 0) is 25.5 Å². The minimum atomic E-state index is -0.157. The Balaban J connectivity index is 2.01. The molecular weight excluding hydrogens is 252 g/mol. The van der Waals surface area contributed by atoms with Gasteiger partial charge in [0, 0.05) is 30.4 Å². The van der Waals surface area contributed by atoms with Crippen LogP contribution in [0.1, 0.15) is 21.6 Å². The third-order valence-corrected chi connectivity index (χ3v) is 3.54. The predicted molar refractivity (Wildman–Crippen MR) is 78.9 cm³/mol. The molecule has 0 aliphatic carbocycles. The number of benzene rings is 1. The molecule has 5 nitrogen and oxygen atoms in total. The van der Waals surface area contributed by atoms with Crippen molar-refractivity contribution in [2.24, 2.45) is 7.05 Å². The average molecular weight is 268 g/mol. The third-order valence-electron chi connectivity index (χ3n) is 3.54. The van der Waals surface area contributed by atoms with E-state index in [1.54, 1.807) is 16.9 Å². The number of carbonyl (C=O) groups is 1. The van der Waals surface area contributed by atoms with E-state index in [0.717, 1.165) is 16.6 Å². The molecule has 0 bridgehead atoms. The highest BCUT2D eigenvalue weighted by atomic mass is 16.1. The Morgan fingerprint density at radius 3 is 2.80 bits per heavy atom. The Labute approximate surface area is 116 Å². The van der Waals surface area contributed by atoms with Crippen molar-refractivity contribution in [3.8, 4) is 0 Å². The van der Waals surface area contributed by atoms with E-state index in [4.69, 9.17) is 0 Å². The second-order valence-corrected chi connectivity index (χ2v) is 4.93. The quantitative estimate of drug-likeness (QED) is 0.750. The number of anilines is 1.